The molecule has 0 spiro atoms. The number of hydrogen-bond acceptors (Lipinski definition) is 11. The summed E-state index contributed by atoms with van der Waals surface area (Å²) in [7, 11) is 4.09. The van der Waals surface area contributed by atoms with E-state index in [-0.39, 0.29) is 28.9 Å². The van der Waals surface area contributed by atoms with Crippen molar-refractivity contribution >= 4 is 11.9 Å². The fraction of sp³-hybridized carbons (Fsp3) is 0.444. The fourth-order valence-corrected chi connectivity index (χ4v) is 5.05. The molecular weight excluding hydrogens is 530 g/mol. The van der Waals surface area contributed by atoms with Crippen molar-refractivity contribution in [3.05, 3.63) is 45.6 Å². The molecule has 1 aliphatic heterocycles. The van der Waals surface area contributed by atoms with Gasteiger partial charge in [-0.25, -0.2) is 4.79 Å². The van der Waals surface area contributed by atoms with Crippen molar-refractivity contribution in [1.29, 1.82) is 0 Å². The Morgan fingerprint density at radius 3 is 2.25 bits per heavy atom. The van der Waals surface area contributed by atoms with Crippen LogP contribution in [0.25, 0.3) is 11.1 Å². The zero-order valence-corrected chi connectivity index (χ0v) is 22.2. The average Bonchev–Trinajstić information content (AvgIpc) is 3.16. The van der Waals surface area contributed by atoms with Crippen molar-refractivity contribution in [2.45, 2.75) is 56.5 Å². The van der Waals surface area contributed by atoms with Crippen LogP contribution in [-0.4, -0.2) is 84.3 Å². The van der Waals surface area contributed by atoms with Crippen molar-refractivity contribution in [3.8, 4) is 34.1 Å². The Bertz CT molecular complexity index is 1360. The molecular formula is C27H31NO12. The van der Waals surface area contributed by atoms with Gasteiger partial charge in [0.15, 0.2) is 23.4 Å². The zero-order valence-electron chi connectivity index (χ0n) is 22.2. The fourth-order valence-electron chi connectivity index (χ4n) is 5.05. The summed E-state index contributed by atoms with van der Waals surface area (Å²) >= 11 is 0. The Morgan fingerprint density at radius 1 is 0.950 bits per heavy atom. The Labute approximate surface area is 228 Å². The summed E-state index contributed by atoms with van der Waals surface area (Å²) in [6.07, 6.45) is -8.41. The van der Waals surface area contributed by atoms with Crippen LogP contribution in [0.2, 0.25) is 0 Å². The number of aryl methyl sites for hydroxylation is 1. The minimum atomic E-state index is -1.91. The van der Waals surface area contributed by atoms with Crippen molar-refractivity contribution < 1.29 is 53.7 Å². The molecule has 2 aromatic rings. The van der Waals surface area contributed by atoms with Gasteiger partial charge in [-0.1, -0.05) is 6.07 Å². The second-order valence-electron chi connectivity index (χ2n) is 9.40. The molecule has 0 aromatic heterocycles. The monoisotopic (exact) mass is 561 g/mol. The normalized spacial score (nSPS) is 25.5. The number of carboxylic acid groups (broad SMARTS) is 1. The topological polar surface area (TPSA) is 190 Å². The highest BCUT2D eigenvalue weighted by molar-refractivity contribution is 5.83. The third-order valence-corrected chi connectivity index (χ3v) is 6.94. The van der Waals surface area contributed by atoms with Gasteiger partial charge in [0.2, 0.25) is 23.4 Å². The van der Waals surface area contributed by atoms with Gasteiger partial charge in [-0.2, -0.15) is 0 Å². The first-order valence-electron chi connectivity index (χ1n) is 12.4. The first kappa shape index (κ1) is 29.1. The summed E-state index contributed by atoms with van der Waals surface area (Å²) in [5, 5.41) is 43.2. The Balaban J connectivity index is 1.94. The number of aliphatic hydroxyl groups excluding tert-OH is 3. The van der Waals surface area contributed by atoms with Crippen LogP contribution in [0.15, 0.2) is 29.1 Å². The molecule has 1 aliphatic carbocycles. The minimum Gasteiger partial charge on any atom is -0.493 e. The van der Waals surface area contributed by atoms with Crippen molar-refractivity contribution in [3.63, 3.8) is 0 Å². The first-order valence-corrected chi connectivity index (χ1v) is 12.4. The van der Waals surface area contributed by atoms with Crippen LogP contribution in [-0.2, 0) is 20.7 Å². The molecule has 0 radical (unpaired) electrons. The molecule has 0 bridgehead atoms. The zero-order chi connectivity index (χ0) is 29.3. The lowest BCUT2D eigenvalue weighted by Crippen LogP contribution is -2.61. The molecule has 4 rings (SSSR count). The number of fused-ring (bicyclic) bond motifs is 3. The van der Waals surface area contributed by atoms with Gasteiger partial charge in [0.1, 0.15) is 18.3 Å². The van der Waals surface area contributed by atoms with Gasteiger partial charge in [0.25, 0.3) is 0 Å². The molecule has 1 heterocycles. The maximum atomic E-state index is 12.9. The summed E-state index contributed by atoms with van der Waals surface area (Å²) in [4.78, 5) is 36.5. The van der Waals surface area contributed by atoms with Crippen LogP contribution in [0.3, 0.4) is 0 Å². The van der Waals surface area contributed by atoms with Crippen LogP contribution in [0, 0.1) is 0 Å². The molecule has 13 nitrogen and oxygen atoms in total. The van der Waals surface area contributed by atoms with Crippen LogP contribution in [0.1, 0.15) is 30.5 Å². The van der Waals surface area contributed by atoms with E-state index in [2.05, 4.69) is 5.32 Å². The third kappa shape index (κ3) is 5.28. The number of rotatable bonds is 7. The van der Waals surface area contributed by atoms with E-state index in [1.54, 1.807) is 12.1 Å². The summed E-state index contributed by atoms with van der Waals surface area (Å²) in [5.74, 6) is -1.64. The van der Waals surface area contributed by atoms with Crippen LogP contribution >= 0.6 is 0 Å². The number of benzene rings is 1. The minimum absolute atomic E-state index is 0.0751. The summed E-state index contributed by atoms with van der Waals surface area (Å²) in [6.45, 7) is 1.38. The molecule has 216 valence electrons. The molecule has 40 heavy (non-hydrogen) atoms. The van der Waals surface area contributed by atoms with Crippen molar-refractivity contribution in [2.75, 3.05) is 21.3 Å². The predicted octanol–water partition coefficient (Wildman–Crippen LogP) is 0.134. The Hall–Kier alpha value is -3.91. The predicted molar refractivity (Wildman–Crippen MR) is 138 cm³/mol. The second-order valence-corrected chi connectivity index (χ2v) is 9.40. The van der Waals surface area contributed by atoms with Gasteiger partial charge in [0, 0.05) is 12.5 Å². The lowest BCUT2D eigenvalue weighted by molar-refractivity contribution is -0.271. The number of hydrogen-bond donors (Lipinski definition) is 5. The number of carboxylic acids is 1. The third-order valence-electron chi connectivity index (χ3n) is 6.94. The van der Waals surface area contributed by atoms with E-state index in [0.29, 0.717) is 29.5 Å². The highest BCUT2D eigenvalue weighted by atomic mass is 16.7. The number of methoxy groups -OCH3 is 3. The Kier molecular flexibility index (Phi) is 8.49. The first-order chi connectivity index (χ1) is 19.0. The van der Waals surface area contributed by atoms with E-state index in [9.17, 15) is 34.8 Å². The number of carbonyl (C=O) groups excluding carboxylic acids is 1. The second kappa shape index (κ2) is 11.7. The van der Waals surface area contributed by atoms with Gasteiger partial charge < -0.3 is 49.4 Å². The van der Waals surface area contributed by atoms with E-state index in [1.165, 1.54) is 40.4 Å². The molecule has 2 aliphatic rings. The number of nitrogens with one attached hydrogen (secondary N) is 1. The number of carbonyl (C=O) groups is 2. The van der Waals surface area contributed by atoms with E-state index in [4.69, 9.17) is 23.7 Å². The number of amides is 1. The molecule has 1 amide bonds. The van der Waals surface area contributed by atoms with E-state index >= 15 is 0 Å². The average molecular weight is 562 g/mol. The maximum absolute atomic E-state index is 12.9. The quantitative estimate of drug-likeness (QED) is 0.308. The summed E-state index contributed by atoms with van der Waals surface area (Å²) in [5.41, 5.74) is 1.81. The Morgan fingerprint density at radius 2 is 1.65 bits per heavy atom. The van der Waals surface area contributed by atoms with Crippen molar-refractivity contribution in [1.82, 2.24) is 5.32 Å². The van der Waals surface area contributed by atoms with Gasteiger partial charge >= 0.3 is 5.97 Å². The van der Waals surface area contributed by atoms with Crippen LogP contribution < -0.4 is 29.7 Å². The van der Waals surface area contributed by atoms with E-state index in [0.717, 1.165) is 5.56 Å². The molecule has 0 saturated carbocycles. The van der Waals surface area contributed by atoms with Crippen molar-refractivity contribution in [2.24, 2.45) is 0 Å². The number of aliphatic carboxylic acids is 1. The summed E-state index contributed by atoms with van der Waals surface area (Å²) < 4.78 is 27.7. The van der Waals surface area contributed by atoms with Crippen LogP contribution in [0.5, 0.6) is 23.0 Å². The standard InChI is InChI=1S/C27H31NO12/c1-11(29)28-15-7-5-12-9-18(37-3)23(39-27-22(33)20(31)21(32)25(40-27)26(34)35)24(38-4)19(12)13-6-8-17(36-2)16(30)10-14(13)15/h6,8-10,15,20-22,25,27,31-33H,5,7H2,1-4H3,(H,28,29)(H,34,35)/t15-,20-,21-,22+,25-,27+/m0/s1. The molecule has 2 aromatic carbocycles. The summed E-state index contributed by atoms with van der Waals surface area (Å²) in [6, 6.07) is 5.65. The molecule has 0 unspecified atom stereocenters. The highest BCUT2D eigenvalue weighted by Crippen LogP contribution is 2.51. The molecule has 6 atom stereocenters. The van der Waals surface area contributed by atoms with Gasteiger partial charge in [0.05, 0.1) is 27.4 Å². The smallest absolute Gasteiger partial charge is 0.335 e. The largest absolute Gasteiger partial charge is 0.493 e. The highest BCUT2D eigenvalue weighted by Gasteiger charge is 2.48. The van der Waals surface area contributed by atoms with E-state index < -0.39 is 48.1 Å². The molecule has 13 heteroatoms. The van der Waals surface area contributed by atoms with Gasteiger partial charge in [-0.3, -0.25) is 9.59 Å². The SMILES string of the molecule is COc1cc2c(c(OC)c1O[C@@H]1O[C@H](C(=O)O)[C@@H](O)[C@H](O)[C@H]1O)-c1ccc(OC)c(=O)cc1[C@@H](NC(C)=O)CC2. The van der Waals surface area contributed by atoms with Gasteiger partial charge in [-0.05, 0) is 47.7 Å². The number of aliphatic hydroxyl groups is 3. The maximum Gasteiger partial charge on any atom is 0.335 e. The molecule has 1 fully saturated rings. The molecule has 1 saturated heterocycles. The van der Waals surface area contributed by atoms with E-state index in [1.807, 2.05) is 0 Å². The lowest BCUT2D eigenvalue weighted by Gasteiger charge is -2.38. The van der Waals surface area contributed by atoms with Crippen LogP contribution in [0.4, 0.5) is 0 Å². The molecule has 5 N–H and O–H groups in total. The van der Waals surface area contributed by atoms with Gasteiger partial charge in [-0.15, -0.1) is 0 Å². The lowest BCUT2D eigenvalue weighted by atomic mass is 9.95. The number of ether oxygens (including phenoxy) is 5.